The third-order valence-electron chi connectivity index (χ3n) is 6.03. The van der Waals surface area contributed by atoms with Crippen molar-refractivity contribution in [2.75, 3.05) is 26.2 Å². The Morgan fingerprint density at radius 1 is 1.08 bits per heavy atom. The summed E-state index contributed by atoms with van der Waals surface area (Å²) in [5.74, 6) is 0. The van der Waals surface area contributed by atoms with Crippen molar-refractivity contribution >= 4 is 6.03 Å². The number of benzene rings is 1. The molecule has 1 N–H and O–H groups in total. The molecule has 4 heteroatoms. The van der Waals surface area contributed by atoms with Crippen LogP contribution in [0.5, 0.6) is 0 Å². The predicted octanol–water partition coefficient (Wildman–Crippen LogP) is 4.06. The Kier molecular flexibility index (Phi) is 7.36. The molecule has 0 spiro atoms. The van der Waals surface area contributed by atoms with E-state index in [4.69, 9.17) is 0 Å². The lowest BCUT2D eigenvalue weighted by Gasteiger charge is -2.43. The highest BCUT2D eigenvalue weighted by atomic mass is 16.2. The lowest BCUT2D eigenvalue weighted by molar-refractivity contribution is 0.0761. The van der Waals surface area contributed by atoms with Gasteiger partial charge in [0.15, 0.2) is 0 Å². The maximum absolute atomic E-state index is 12.5. The average Bonchev–Trinajstić information content (AvgIpc) is 2.69. The van der Waals surface area contributed by atoms with Crippen LogP contribution in [0.15, 0.2) is 30.3 Å². The summed E-state index contributed by atoms with van der Waals surface area (Å²) in [6.45, 7) is 6.41. The van der Waals surface area contributed by atoms with Crippen LogP contribution < -0.4 is 5.32 Å². The average molecular weight is 358 g/mol. The molecule has 2 atom stereocenters. The Hall–Kier alpha value is -1.55. The van der Waals surface area contributed by atoms with Gasteiger partial charge in [0, 0.05) is 25.2 Å². The molecule has 2 amide bonds. The molecule has 26 heavy (non-hydrogen) atoms. The fraction of sp³-hybridized carbons (Fsp3) is 0.682. The van der Waals surface area contributed by atoms with Crippen molar-refractivity contribution in [2.45, 2.75) is 70.4 Å². The monoisotopic (exact) mass is 357 g/mol. The number of unbranched alkanes of at least 4 members (excludes halogenated alkanes) is 1. The molecule has 0 aromatic heterocycles. The molecule has 2 heterocycles. The first-order valence-electron chi connectivity index (χ1n) is 10.6. The van der Waals surface area contributed by atoms with Gasteiger partial charge >= 0.3 is 6.03 Å². The molecular formula is C22H35N3O. The summed E-state index contributed by atoms with van der Waals surface area (Å²) in [4.78, 5) is 17.2. The number of nitrogens with zero attached hydrogens (tertiary/aromatic N) is 2. The van der Waals surface area contributed by atoms with E-state index < -0.39 is 0 Å². The van der Waals surface area contributed by atoms with Crippen LogP contribution in [0.4, 0.5) is 4.79 Å². The van der Waals surface area contributed by atoms with Gasteiger partial charge in [0.25, 0.3) is 0 Å². The van der Waals surface area contributed by atoms with Crippen molar-refractivity contribution in [1.82, 2.24) is 15.1 Å². The molecular weight excluding hydrogens is 322 g/mol. The zero-order chi connectivity index (χ0) is 18.2. The van der Waals surface area contributed by atoms with E-state index in [0.717, 1.165) is 45.2 Å². The summed E-state index contributed by atoms with van der Waals surface area (Å²) in [6.07, 6.45) is 9.59. The molecule has 2 fully saturated rings. The topological polar surface area (TPSA) is 35.6 Å². The molecule has 0 radical (unpaired) electrons. The van der Waals surface area contributed by atoms with Crippen LogP contribution in [0.2, 0.25) is 0 Å². The minimum atomic E-state index is 0.134. The first kappa shape index (κ1) is 19.2. The van der Waals surface area contributed by atoms with Crippen molar-refractivity contribution in [1.29, 1.82) is 0 Å². The van der Waals surface area contributed by atoms with Gasteiger partial charge < -0.3 is 15.1 Å². The van der Waals surface area contributed by atoms with Crippen molar-refractivity contribution in [2.24, 2.45) is 0 Å². The SMILES string of the molecule is CC1CC(N2CCCCC2)CCN1C(=O)NCCCCc1ccccc1. The molecule has 3 rings (SSSR count). The summed E-state index contributed by atoms with van der Waals surface area (Å²) < 4.78 is 0. The Morgan fingerprint density at radius 2 is 1.85 bits per heavy atom. The minimum absolute atomic E-state index is 0.134. The molecule has 0 bridgehead atoms. The van der Waals surface area contributed by atoms with E-state index in [9.17, 15) is 4.79 Å². The van der Waals surface area contributed by atoms with Crippen molar-refractivity contribution in [3.05, 3.63) is 35.9 Å². The van der Waals surface area contributed by atoms with Gasteiger partial charge in [-0.2, -0.15) is 0 Å². The van der Waals surface area contributed by atoms with E-state index in [0.29, 0.717) is 12.1 Å². The van der Waals surface area contributed by atoms with Crippen LogP contribution in [-0.2, 0) is 6.42 Å². The molecule has 144 valence electrons. The highest BCUT2D eigenvalue weighted by Crippen LogP contribution is 2.24. The van der Waals surface area contributed by atoms with Gasteiger partial charge in [-0.15, -0.1) is 0 Å². The van der Waals surface area contributed by atoms with E-state index in [2.05, 4.69) is 52.4 Å². The molecule has 4 nitrogen and oxygen atoms in total. The molecule has 2 aliphatic heterocycles. The number of amides is 2. The van der Waals surface area contributed by atoms with Crippen LogP contribution in [-0.4, -0.2) is 54.1 Å². The number of hydrogen-bond acceptors (Lipinski definition) is 2. The number of nitrogens with one attached hydrogen (secondary N) is 1. The van der Waals surface area contributed by atoms with E-state index in [1.54, 1.807) is 0 Å². The zero-order valence-electron chi connectivity index (χ0n) is 16.3. The van der Waals surface area contributed by atoms with Crippen molar-refractivity contribution in [3.8, 4) is 0 Å². The lowest BCUT2D eigenvalue weighted by Crippen LogP contribution is -2.54. The van der Waals surface area contributed by atoms with Gasteiger partial charge in [-0.25, -0.2) is 4.79 Å². The van der Waals surface area contributed by atoms with Gasteiger partial charge in [0.2, 0.25) is 0 Å². The van der Waals surface area contributed by atoms with Crippen LogP contribution in [0.3, 0.4) is 0 Å². The molecule has 1 aromatic carbocycles. The number of likely N-dealkylation sites (tertiary alicyclic amines) is 2. The lowest BCUT2D eigenvalue weighted by atomic mass is 9.95. The molecule has 2 aliphatic rings. The largest absolute Gasteiger partial charge is 0.338 e. The third-order valence-corrected chi connectivity index (χ3v) is 6.03. The maximum atomic E-state index is 12.5. The van der Waals surface area contributed by atoms with Gasteiger partial charge in [-0.3, -0.25) is 0 Å². The second-order valence-electron chi connectivity index (χ2n) is 7.99. The van der Waals surface area contributed by atoms with Crippen LogP contribution in [0.25, 0.3) is 0 Å². The number of urea groups is 1. The summed E-state index contributed by atoms with van der Waals surface area (Å²) in [5.41, 5.74) is 1.38. The number of carbonyl (C=O) groups excluding carboxylic acids is 1. The maximum Gasteiger partial charge on any atom is 0.317 e. The standard InChI is InChI=1S/C22H35N3O/c1-19-18-21(24-15-8-3-9-16-24)13-17-25(19)22(26)23-14-7-6-12-20-10-4-2-5-11-20/h2,4-5,10-11,19,21H,3,6-9,12-18H2,1H3,(H,23,26). The van der Waals surface area contributed by atoms with E-state index in [1.807, 2.05) is 0 Å². The quantitative estimate of drug-likeness (QED) is 0.780. The summed E-state index contributed by atoms with van der Waals surface area (Å²) in [6, 6.07) is 11.7. The third kappa shape index (κ3) is 5.47. The van der Waals surface area contributed by atoms with Crippen molar-refractivity contribution < 1.29 is 4.79 Å². The number of piperidine rings is 2. The first-order chi connectivity index (χ1) is 12.7. The molecule has 0 aliphatic carbocycles. The van der Waals surface area contributed by atoms with E-state index in [1.165, 1.54) is 37.9 Å². The minimum Gasteiger partial charge on any atom is -0.338 e. The molecule has 0 saturated carbocycles. The highest BCUT2D eigenvalue weighted by Gasteiger charge is 2.31. The molecule has 2 saturated heterocycles. The highest BCUT2D eigenvalue weighted by molar-refractivity contribution is 5.74. The number of rotatable bonds is 6. The van der Waals surface area contributed by atoms with Crippen LogP contribution in [0.1, 0.15) is 57.4 Å². The number of aryl methyl sites for hydroxylation is 1. The molecule has 2 unspecified atom stereocenters. The predicted molar refractivity (Wildman–Crippen MR) is 107 cm³/mol. The van der Waals surface area contributed by atoms with Gasteiger partial charge in [0.05, 0.1) is 0 Å². The Bertz CT molecular complexity index is 542. The van der Waals surface area contributed by atoms with E-state index >= 15 is 0 Å². The van der Waals surface area contributed by atoms with Gasteiger partial charge in [0.1, 0.15) is 0 Å². The summed E-state index contributed by atoms with van der Waals surface area (Å²) >= 11 is 0. The second kappa shape index (κ2) is 9.96. The molecule has 1 aromatic rings. The fourth-order valence-electron chi connectivity index (χ4n) is 4.46. The number of hydrogen-bond donors (Lipinski definition) is 1. The summed E-state index contributed by atoms with van der Waals surface area (Å²) in [5, 5.41) is 3.14. The van der Waals surface area contributed by atoms with Crippen LogP contribution in [0, 0.1) is 0 Å². The first-order valence-corrected chi connectivity index (χ1v) is 10.6. The fourth-order valence-corrected chi connectivity index (χ4v) is 4.46. The number of carbonyl (C=O) groups is 1. The van der Waals surface area contributed by atoms with E-state index in [-0.39, 0.29) is 6.03 Å². The van der Waals surface area contributed by atoms with Crippen molar-refractivity contribution in [3.63, 3.8) is 0 Å². The van der Waals surface area contributed by atoms with Gasteiger partial charge in [-0.05, 0) is 70.5 Å². The van der Waals surface area contributed by atoms with Gasteiger partial charge in [-0.1, -0.05) is 36.8 Å². The zero-order valence-corrected chi connectivity index (χ0v) is 16.3. The van der Waals surface area contributed by atoms with Crippen LogP contribution >= 0.6 is 0 Å². The summed E-state index contributed by atoms with van der Waals surface area (Å²) in [7, 11) is 0. The normalized spacial score (nSPS) is 24.4. The Balaban J connectivity index is 1.33. The second-order valence-corrected chi connectivity index (χ2v) is 7.99. The Labute approximate surface area is 158 Å². The smallest absolute Gasteiger partial charge is 0.317 e. The Morgan fingerprint density at radius 3 is 2.58 bits per heavy atom.